The fraction of sp³-hybridized carbons (Fsp3) is 0.571. The van der Waals surface area contributed by atoms with Gasteiger partial charge in [-0.1, -0.05) is 0 Å². The van der Waals surface area contributed by atoms with E-state index in [0.29, 0.717) is 5.00 Å². The highest BCUT2D eigenvalue weighted by molar-refractivity contribution is 7.10. The molecule has 80 valence electrons. The number of anilines is 2. The van der Waals surface area contributed by atoms with Crippen LogP contribution in [-0.4, -0.2) is 23.6 Å². The lowest BCUT2D eigenvalue weighted by atomic mass is 10.4. The Morgan fingerprint density at radius 2 is 2.21 bits per heavy atom. The molecule has 7 heteroatoms. The van der Waals surface area contributed by atoms with Crippen LogP contribution < -0.4 is 10.6 Å². The summed E-state index contributed by atoms with van der Waals surface area (Å²) in [5.74, 6) is 0.255. The van der Waals surface area contributed by atoms with E-state index in [2.05, 4.69) is 4.37 Å². The Bertz CT molecular complexity index is 297. The van der Waals surface area contributed by atoms with Gasteiger partial charge in [0.1, 0.15) is 17.4 Å². The van der Waals surface area contributed by atoms with E-state index in [4.69, 9.17) is 5.73 Å². The summed E-state index contributed by atoms with van der Waals surface area (Å²) in [6.45, 7) is 0.966. The highest BCUT2D eigenvalue weighted by atomic mass is 32.1. The number of nitrogens with two attached hydrogens (primary N) is 1. The topological polar surface area (TPSA) is 42.1 Å². The van der Waals surface area contributed by atoms with Crippen LogP contribution in [0.5, 0.6) is 0 Å². The molecule has 0 aliphatic carbocycles. The van der Waals surface area contributed by atoms with Gasteiger partial charge in [-0.05, 0) is 18.5 Å². The molecule has 0 saturated carbocycles. The molecule has 14 heavy (non-hydrogen) atoms. The van der Waals surface area contributed by atoms with Crippen molar-refractivity contribution in [2.75, 3.05) is 23.7 Å². The predicted octanol–water partition coefficient (Wildman–Crippen LogP) is 2.11. The van der Waals surface area contributed by atoms with Crippen molar-refractivity contribution in [3.63, 3.8) is 0 Å². The summed E-state index contributed by atoms with van der Waals surface area (Å²) in [7, 11) is 0. The molecule has 0 aliphatic rings. The Morgan fingerprint density at radius 3 is 2.57 bits per heavy atom. The summed E-state index contributed by atoms with van der Waals surface area (Å²) in [6.07, 6.45) is -4.20. The SMILES string of the molecule is CCN(CC(F)(F)F)c1cc(N)ns1. The van der Waals surface area contributed by atoms with Gasteiger partial charge >= 0.3 is 6.18 Å². The average molecular weight is 225 g/mol. The maximum atomic E-state index is 12.1. The van der Waals surface area contributed by atoms with E-state index in [1.54, 1.807) is 6.92 Å². The molecule has 0 amide bonds. The second kappa shape index (κ2) is 4.04. The molecule has 0 spiro atoms. The molecule has 0 aliphatic heterocycles. The van der Waals surface area contributed by atoms with Gasteiger partial charge in [0, 0.05) is 12.6 Å². The molecule has 3 nitrogen and oxygen atoms in total. The predicted molar refractivity (Wildman–Crippen MR) is 50.5 cm³/mol. The van der Waals surface area contributed by atoms with Crippen LogP contribution in [0.3, 0.4) is 0 Å². The van der Waals surface area contributed by atoms with Gasteiger partial charge in [0.2, 0.25) is 0 Å². The largest absolute Gasteiger partial charge is 0.405 e. The number of nitrogens with zero attached hydrogens (tertiary/aromatic N) is 2. The Morgan fingerprint density at radius 1 is 1.57 bits per heavy atom. The first-order valence-corrected chi connectivity index (χ1v) is 4.73. The molecule has 0 saturated heterocycles. The van der Waals surface area contributed by atoms with E-state index in [1.165, 1.54) is 11.0 Å². The number of hydrogen-bond donors (Lipinski definition) is 1. The zero-order valence-electron chi connectivity index (χ0n) is 7.51. The van der Waals surface area contributed by atoms with Gasteiger partial charge < -0.3 is 10.6 Å². The zero-order chi connectivity index (χ0) is 10.8. The van der Waals surface area contributed by atoms with Crippen LogP contribution in [0.15, 0.2) is 6.07 Å². The second-order valence-corrected chi connectivity index (χ2v) is 3.50. The first-order chi connectivity index (χ1) is 6.42. The Labute approximate surface area is 83.5 Å². The third kappa shape index (κ3) is 3.06. The molecular weight excluding hydrogens is 215 g/mol. The lowest BCUT2D eigenvalue weighted by molar-refractivity contribution is -0.119. The van der Waals surface area contributed by atoms with Crippen molar-refractivity contribution in [2.45, 2.75) is 13.1 Å². The number of nitrogen functional groups attached to an aromatic ring is 1. The van der Waals surface area contributed by atoms with Gasteiger partial charge in [0.15, 0.2) is 0 Å². The molecule has 1 aromatic heterocycles. The fourth-order valence-electron chi connectivity index (χ4n) is 0.990. The Balaban J connectivity index is 2.72. The van der Waals surface area contributed by atoms with Crippen LogP contribution in [-0.2, 0) is 0 Å². The van der Waals surface area contributed by atoms with Crippen LogP contribution in [0.4, 0.5) is 24.0 Å². The molecule has 2 N–H and O–H groups in total. The molecule has 0 bridgehead atoms. The van der Waals surface area contributed by atoms with E-state index in [9.17, 15) is 13.2 Å². The molecule has 0 radical (unpaired) electrons. The monoisotopic (exact) mass is 225 g/mol. The number of rotatable bonds is 3. The second-order valence-electron chi connectivity index (χ2n) is 2.72. The maximum Gasteiger partial charge on any atom is 0.405 e. The molecule has 0 unspecified atom stereocenters. The van der Waals surface area contributed by atoms with E-state index >= 15 is 0 Å². The zero-order valence-corrected chi connectivity index (χ0v) is 8.32. The van der Waals surface area contributed by atoms with Crippen LogP contribution >= 0.6 is 11.5 Å². The number of halogens is 3. The smallest absolute Gasteiger partial charge is 0.383 e. The van der Waals surface area contributed by atoms with E-state index in [1.807, 2.05) is 0 Å². The number of aromatic nitrogens is 1. The summed E-state index contributed by atoms with van der Waals surface area (Å²) in [5.41, 5.74) is 5.33. The van der Waals surface area contributed by atoms with Crippen LogP contribution in [0, 0.1) is 0 Å². The molecule has 0 aromatic carbocycles. The van der Waals surface area contributed by atoms with Gasteiger partial charge in [-0.2, -0.15) is 17.5 Å². The molecule has 1 rings (SSSR count). The summed E-state index contributed by atoms with van der Waals surface area (Å²) in [6, 6.07) is 1.44. The number of alkyl halides is 3. The fourth-order valence-corrected chi connectivity index (χ4v) is 1.72. The quantitative estimate of drug-likeness (QED) is 0.856. The third-order valence-corrected chi connectivity index (χ3v) is 2.44. The summed E-state index contributed by atoms with van der Waals surface area (Å²) < 4.78 is 40.0. The first kappa shape index (κ1) is 11.1. The molecule has 0 atom stereocenters. The van der Waals surface area contributed by atoms with Gasteiger partial charge in [-0.15, -0.1) is 0 Å². The molecule has 1 heterocycles. The van der Waals surface area contributed by atoms with Crippen LogP contribution in [0.1, 0.15) is 6.92 Å². The minimum Gasteiger partial charge on any atom is -0.383 e. The van der Waals surface area contributed by atoms with Crippen molar-refractivity contribution in [1.82, 2.24) is 4.37 Å². The number of hydrogen-bond acceptors (Lipinski definition) is 4. The normalized spacial score (nSPS) is 11.7. The van der Waals surface area contributed by atoms with E-state index in [0.717, 1.165) is 11.5 Å². The standard InChI is InChI=1S/C7H10F3N3S/c1-2-13(4-7(8,9)10)6-3-5(11)12-14-6/h3H,2,4H2,1H3,(H2,11,12). The minimum absolute atomic E-state index is 0.255. The highest BCUT2D eigenvalue weighted by Gasteiger charge is 2.30. The summed E-state index contributed by atoms with van der Waals surface area (Å²) >= 11 is 0.974. The van der Waals surface area contributed by atoms with Crippen LogP contribution in [0.2, 0.25) is 0 Å². The van der Waals surface area contributed by atoms with Crippen molar-refractivity contribution >= 4 is 22.4 Å². The summed E-state index contributed by atoms with van der Waals surface area (Å²) in [5, 5.41) is 0.447. The van der Waals surface area contributed by atoms with Crippen molar-refractivity contribution in [3.8, 4) is 0 Å². The molecule has 0 fully saturated rings. The average Bonchev–Trinajstić information content (AvgIpc) is 2.46. The van der Waals surface area contributed by atoms with E-state index in [-0.39, 0.29) is 12.4 Å². The van der Waals surface area contributed by atoms with Gasteiger partial charge in [-0.3, -0.25) is 0 Å². The van der Waals surface area contributed by atoms with E-state index < -0.39 is 12.7 Å². The lowest BCUT2D eigenvalue weighted by Gasteiger charge is -2.21. The van der Waals surface area contributed by atoms with Crippen molar-refractivity contribution < 1.29 is 13.2 Å². The van der Waals surface area contributed by atoms with Crippen molar-refractivity contribution in [2.24, 2.45) is 0 Å². The maximum absolute atomic E-state index is 12.1. The molecular formula is C7H10F3N3S. The van der Waals surface area contributed by atoms with Crippen molar-refractivity contribution in [3.05, 3.63) is 6.07 Å². The Kier molecular flexibility index (Phi) is 3.20. The highest BCUT2D eigenvalue weighted by Crippen LogP contribution is 2.26. The lowest BCUT2D eigenvalue weighted by Crippen LogP contribution is -2.33. The minimum atomic E-state index is -4.20. The Hall–Kier alpha value is -0.980. The van der Waals surface area contributed by atoms with Gasteiger partial charge in [0.05, 0.1) is 0 Å². The van der Waals surface area contributed by atoms with Crippen LogP contribution in [0.25, 0.3) is 0 Å². The van der Waals surface area contributed by atoms with Gasteiger partial charge in [-0.25, -0.2) is 0 Å². The first-order valence-electron chi connectivity index (χ1n) is 3.96. The summed E-state index contributed by atoms with van der Waals surface area (Å²) in [4.78, 5) is 1.19. The van der Waals surface area contributed by atoms with Crippen molar-refractivity contribution in [1.29, 1.82) is 0 Å². The third-order valence-electron chi connectivity index (χ3n) is 1.58. The van der Waals surface area contributed by atoms with Gasteiger partial charge in [0.25, 0.3) is 0 Å². The molecule has 1 aromatic rings.